The van der Waals surface area contributed by atoms with Crippen molar-refractivity contribution in [1.82, 2.24) is 10.2 Å². The summed E-state index contributed by atoms with van der Waals surface area (Å²) in [4.78, 5) is 26.5. The Kier molecular flexibility index (Phi) is 6.61. The molecule has 2 unspecified atom stereocenters. The van der Waals surface area contributed by atoms with E-state index in [1.807, 2.05) is 13.8 Å². The highest BCUT2D eigenvalue weighted by atomic mass is 16.5. The van der Waals surface area contributed by atoms with Crippen molar-refractivity contribution >= 4 is 11.8 Å². The lowest BCUT2D eigenvalue weighted by molar-refractivity contribution is -0.157. The Morgan fingerprint density at radius 2 is 1.95 bits per heavy atom. The average Bonchev–Trinajstić information content (AvgIpc) is 2.45. The summed E-state index contributed by atoms with van der Waals surface area (Å²) in [5.41, 5.74) is -0.842. The third-order valence-corrected chi connectivity index (χ3v) is 4.15. The number of methoxy groups -OCH3 is 1. The second-order valence-corrected chi connectivity index (χ2v) is 5.99. The maximum atomic E-state index is 12.6. The van der Waals surface area contributed by atoms with E-state index >= 15 is 0 Å². The number of piperazine rings is 1. The van der Waals surface area contributed by atoms with Gasteiger partial charge in [0.25, 0.3) is 0 Å². The van der Waals surface area contributed by atoms with Crippen LogP contribution in [0.15, 0.2) is 0 Å². The minimum atomic E-state index is -0.842. The Balaban J connectivity index is 2.71. The van der Waals surface area contributed by atoms with Crippen LogP contribution in [0.25, 0.3) is 0 Å². The summed E-state index contributed by atoms with van der Waals surface area (Å²) in [7, 11) is 1.61. The van der Waals surface area contributed by atoms with Gasteiger partial charge in [-0.1, -0.05) is 20.3 Å². The van der Waals surface area contributed by atoms with E-state index in [-0.39, 0.29) is 17.7 Å². The molecule has 1 fully saturated rings. The Labute approximate surface area is 127 Å². The van der Waals surface area contributed by atoms with E-state index in [9.17, 15) is 9.59 Å². The SMILES string of the molecule is CCC(C)C1NC(=O)C(C)(C)N(CCOCCOC)C1=O. The number of hydrogen-bond acceptors (Lipinski definition) is 4. The Bertz CT molecular complexity index is 371. The largest absolute Gasteiger partial charge is 0.382 e. The molecule has 0 radical (unpaired) electrons. The molecule has 1 aliphatic rings. The van der Waals surface area contributed by atoms with Gasteiger partial charge in [-0.15, -0.1) is 0 Å². The van der Waals surface area contributed by atoms with Crippen molar-refractivity contribution in [1.29, 1.82) is 0 Å². The van der Waals surface area contributed by atoms with E-state index in [2.05, 4.69) is 5.32 Å². The van der Waals surface area contributed by atoms with Crippen LogP contribution in [0.3, 0.4) is 0 Å². The maximum absolute atomic E-state index is 12.6. The highest BCUT2D eigenvalue weighted by Crippen LogP contribution is 2.24. The molecule has 21 heavy (non-hydrogen) atoms. The van der Waals surface area contributed by atoms with Gasteiger partial charge in [-0.05, 0) is 19.8 Å². The van der Waals surface area contributed by atoms with E-state index in [0.717, 1.165) is 6.42 Å². The molecule has 0 saturated carbocycles. The fraction of sp³-hybridized carbons (Fsp3) is 0.867. The molecule has 0 aromatic heterocycles. The van der Waals surface area contributed by atoms with Crippen LogP contribution in [0.5, 0.6) is 0 Å². The molecule has 2 atom stereocenters. The Morgan fingerprint density at radius 3 is 2.52 bits per heavy atom. The molecule has 1 aliphatic heterocycles. The van der Waals surface area contributed by atoms with Gasteiger partial charge in [-0.25, -0.2) is 0 Å². The molecule has 0 aliphatic carbocycles. The van der Waals surface area contributed by atoms with Gasteiger partial charge in [0.2, 0.25) is 11.8 Å². The Hall–Kier alpha value is -1.14. The first-order valence-corrected chi connectivity index (χ1v) is 7.55. The first-order valence-electron chi connectivity index (χ1n) is 7.55. The molecule has 0 spiro atoms. The standard InChI is InChI=1S/C15H28N2O4/c1-6-11(2)12-13(18)17(7-8-21-10-9-20-5)15(3,4)14(19)16-12/h11-12H,6-10H2,1-5H3,(H,16,19). The topological polar surface area (TPSA) is 67.9 Å². The minimum absolute atomic E-state index is 0.0238. The zero-order chi connectivity index (χ0) is 16.0. The van der Waals surface area contributed by atoms with Crippen LogP contribution >= 0.6 is 0 Å². The first kappa shape index (κ1) is 17.9. The molecule has 1 rings (SSSR count). The smallest absolute Gasteiger partial charge is 0.246 e. The van der Waals surface area contributed by atoms with Crippen molar-refractivity contribution in [2.24, 2.45) is 5.92 Å². The fourth-order valence-electron chi connectivity index (χ4n) is 2.36. The van der Waals surface area contributed by atoms with Gasteiger partial charge in [-0.3, -0.25) is 9.59 Å². The fourth-order valence-corrected chi connectivity index (χ4v) is 2.36. The van der Waals surface area contributed by atoms with Crippen LogP contribution in [0.4, 0.5) is 0 Å². The van der Waals surface area contributed by atoms with Crippen molar-refractivity contribution < 1.29 is 19.1 Å². The van der Waals surface area contributed by atoms with E-state index < -0.39 is 11.6 Å². The summed E-state index contributed by atoms with van der Waals surface area (Å²) < 4.78 is 10.3. The first-order chi connectivity index (χ1) is 9.86. The van der Waals surface area contributed by atoms with E-state index in [0.29, 0.717) is 26.4 Å². The van der Waals surface area contributed by atoms with Crippen molar-refractivity contribution in [3.05, 3.63) is 0 Å². The van der Waals surface area contributed by atoms with Gasteiger partial charge in [0.15, 0.2) is 0 Å². The molecule has 1 saturated heterocycles. The number of carbonyl (C=O) groups excluding carboxylic acids is 2. The lowest BCUT2D eigenvalue weighted by atomic mass is 9.89. The number of nitrogens with one attached hydrogen (secondary N) is 1. The van der Waals surface area contributed by atoms with Crippen LogP contribution in [0.2, 0.25) is 0 Å². The van der Waals surface area contributed by atoms with E-state index in [1.54, 1.807) is 25.9 Å². The maximum Gasteiger partial charge on any atom is 0.246 e. The van der Waals surface area contributed by atoms with Gasteiger partial charge in [0.1, 0.15) is 11.6 Å². The number of amides is 2. The number of hydrogen-bond donors (Lipinski definition) is 1. The van der Waals surface area contributed by atoms with Crippen molar-refractivity contribution in [3.8, 4) is 0 Å². The van der Waals surface area contributed by atoms with E-state index in [4.69, 9.17) is 9.47 Å². The van der Waals surface area contributed by atoms with Crippen LogP contribution in [0, 0.1) is 5.92 Å². The third kappa shape index (κ3) is 4.17. The summed E-state index contributed by atoms with van der Waals surface area (Å²) >= 11 is 0. The number of nitrogens with zero attached hydrogens (tertiary/aromatic N) is 1. The monoisotopic (exact) mass is 300 g/mol. The van der Waals surface area contributed by atoms with Gasteiger partial charge >= 0.3 is 0 Å². The lowest BCUT2D eigenvalue weighted by Crippen LogP contribution is -2.69. The van der Waals surface area contributed by atoms with Gasteiger partial charge in [0.05, 0.1) is 19.8 Å². The van der Waals surface area contributed by atoms with Crippen LogP contribution in [-0.4, -0.2) is 61.8 Å². The summed E-state index contributed by atoms with van der Waals surface area (Å²) in [5.74, 6) is -0.0111. The van der Waals surface area contributed by atoms with Crippen LogP contribution < -0.4 is 5.32 Å². The molecule has 6 heteroatoms. The van der Waals surface area contributed by atoms with Crippen LogP contribution in [-0.2, 0) is 19.1 Å². The number of rotatable bonds is 8. The molecule has 0 aromatic carbocycles. The van der Waals surface area contributed by atoms with Gasteiger partial charge < -0.3 is 19.7 Å². The van der Waals surface area contributed by atoms with Gasteiger partial charge in [-0.2, -0.15) is 0 Å². The second kappa shape index (κ2) is 7.75. The predicted molar refractivity (Wildman–Crippen MR) is 79.9 cm³/mol. The minimum Gasteiger partial charge on any atom is -0.382 e. The number of ether oxygens (including phenoxy) is 2. The predicted octanol–water partition coefficient (Wildman–Crippen LogP) is 0.801. The molecule has 2 amide bonds. The molecule has 122 valence electrons. The summed E-state index contributed by atoms with van der Waals surface area (Å²) in [6.45, 7) is 9.35. The average molecular weight is 300 g/mol. The molecule has 6 nitrogen and oxygen atoms in total. The molecular weight excluding hydrogens is 272 g/mol. The normalized spacial score (nSPS) is 23.1. The molecule has 1 N–H and O–H groups in total. The quantitative estimate of drug-likeness (QED) is 0.673. The molecular formula is C15H28N2O4. The van der Waals surface area contributed by atoms with Gasteiger partial charge in [0, 0.05) is 13.7 Å². The molecule has 0 aromatic rings. The third-order valence-electron chi connectivity index (χ3n) is 4.15. The molecule has 1 heterocycles. The van der Waals surface area contributed by atoms with Crippen molar-refractivity contribution in [2.45, 2.75) is 45.7 Å². The summed E-state index contributed by atoms with van der Waals surface area (Å²) in [5, 5.41) is 2.86. The van der Waals surface area contributed by atoms with E-state index in [1.165, 1.54) is 0 Å². The second-order valence-electron chi connectivity index (χ2n) is 5.99. The zero-order valence-electron chi connectivity index (χ0n) is 13.8. The van der Waals surface area contributed by atoms with Crippen molar-refractivity contribution in [2.75, 3.05) is 33.5 Å². The Morgan fingerprint density at radius 1 is 1.29 bits per heavy atom. The number of carbonyl (C=O) groups is 2. The van der Waals surface area contributed by atoms with Crippen molar-refractivity contribution in [3.63, 3.8) is 0 Å². The molecule has 0 bridgehead atoms. The summed E-state index contributed by atoms with van der Waals surface area (Å²) in [6, 6.07) is -0.436. The zero-order valence-corrected chi connectivity index (χ0v) is 13.8. The van der Waals surface area contributed by atoms with Crippen LogP contribution in [0.1, 0.15) is 34.1 Å². The summed E-state index contributed by atoms with van der Waals surface area (Å²) in [6.07, 6.45) is 0.843. The highest BCUT2D eigenvalue weighted by Gasteiger charge is 2.47. The highest BCUT2D eigenvalue weighted by molar-refractivity contribution is 5.99. The lowest BCUT2D eigenvalue weighted by Gasteiger charge is -2.45.